The highest BCUT2D eigenvalue weighted by atomic mass is 16.3. The lowest BCUT2D eigenvalue weighted by molar-refractivity contribution is 0.664. The van der Waals surface area contributed by atoms with E-state index in [9.17, 15) is 0 Å². The molecule has 0 atom stereocenters. The number of aromatic nitrogens is 1. The van der Waals surface area contributed by atoms with Crippen LogP contribution in [0, 0.1) is 0 Å². The van der Waals surface area contributed by atoms with Gasteiger partial charge in [0.1, 0.15) is 5.58 Å². The van der Waals surface area contributed by atoms with E-state index in [0.29, 0.717) is 0 Å². The van der Waals surface area contributed by atoms with Gasteiger partial charge in [0.15, 0.2) is 12.9 Å². The zero-order valence-corrected chi connectivity index (χ0v) is 30.5. The summed E-state index contributed by atoms with van der Waals surface area (Å²) in [7, 11) is 2.40. The van der Waals surface area contributed by atoms with Crippen LogP contribution < -0.4 is 16.2 Å². The number of furan rings is 1. The molecular weight excluding hydrogens is 667 g/mol. The van der Waals surface area contributed by atoms with Gasteiger partial charge in [-0.15, -0.1) is 0 Å². The number of hydrogen-bond donors (Lipinski definition) is 1. The number of rotatable bonds is 4. The zero-order chi connectivity index (χ0) is 36.4. The van der Waals surface area contributed by atoms with Crippen molar-refractivity contribution in [3.63, 3.8) is 0 Å². The number of benzene rings is 8. The number of hydrogen-bond acceptors (Lipinski definition) is 2. The first kappa shape index (κ1) is 30.7. The molecule has 10 aromatic rings. The molecule has 8 aromatic carbocycles. The second kappa shape index (κ2) is 11.1. The normalized spacial score (nSPS) is 13.6. The van der Waals surface area contributed by atoms with E-state index in [1.54, 1.807) is 0 Å². The van der Waals surface area contributed by atoms with Gasteiger partial charge in [-0.2, -0.15) is 0 Å². The van der Waals surface area contributed by atoms with E-state index in [1.165, 1.54) is 66.2 Å². The van der Waals surface area contributed by atoms with Crippen LogP contribution in [0.4, 0.5) is 11.4 Å². The van der Waals surface area contributed by atoms with Crippen molar-refractivity contribution in [2.24, 2.45) is 0 Å². The maximum Gasteiger partial charge on any atom is 0.198 e. The molecule has 0 saturated heterocycles. The average Bonchev–Trinajstić information content (AvgIpc) is 3.85. The SMILES string of the molecule is CC1(C)c2ccccc2-c2c1c1cccc3c1n2-c1c(c(-c2cc4ccccc4cc2Nc2ccc(-c4ccccc4)cc2)cc2c1oc1ccccc12)[B]3. The first-order valence-corrected chi connectivity index (χ1v) is 19.1. The van der Waals surface area contributed by atoms with Gasteiger partial charge < -0.3 is 14.3 Å². The molecule has 2 aromatic heterocycles. The molecule has 12 rings (SSSR count). The number of fused-ring (bicyclic) bond motifs is 12. The highest BCUT2D eigenvalue weighted by molar-refractivity contribution is 6.73. The van der Waals surface area contributed by atoms with Crippen molar-refractivity contribution < 1.29 is 4.42 Å². The minimum absolute atomic E-state index is 0.158. The summed E-state index contributed by atoms with van der Waals surface area (Å²) in [5.41, 5.74) is 18.5. The Kier molecular flexibility index (Phi) is 6.20. The third-order valence-electron chi connectivity index (χ3n) is 12.2. The summed E-state index contributed by atoms with van der Waals surface area (Å²) in [6, 6.07) is 59.3. The maximum absolute atomic E-state index is 6.94. The predicted molar refractivity (Wildman–Crippen MR) is 231 cm³/mol. The summed E-state index contributed by atoms with van der Waals surface area (Å²) < 4.78 is 9.49. The molecule has 1 aliphatic heterocycles. The smallest absolute Gasteiger partial charge is 0.198 e. The van der Waals surface area contributed by atoms with Crippen LogP contribution in [0.5, 0.6) is 0 Å². The van der Waals surface area contributed by atoms with E-state index in [1.807, 2.05) is 0 Å². The molecule has 257 valence electrons. The summed E-state index contributed by atoms with van der Waals surface area (Å²) in [5, 5.41) is 9.81. The van der Waals surface area contributed by atoms with Crippen LogP contribution in [-0.4, -0.2) is 11.8 Å². The zero-order valence-electron chi connectivity index (χ0n) is 30.5. The van der Waals surface area contributed by atoms with Crippen LogP contribution in [-0.2, 0) is 5.41 Å². The van der Waals surface area contributed by atoms with Crippen molar-refractivity contribution in [2.45, 2.75) is 19.3 Å². The summed E-state index contributed by atoms with van der Waals surface area (Å²) in [6.45, 7) is 4.76. The highest BCUT2D eigenvalue weighted by Crippen LogP contribution is 2.54. The monoisotopic (exact) mass is 701 g/mol. The molecule has 3 heterocycles. The van der Waals surface area contributed by atoms with Gasteiger partial charge >= 0.3 is 0 Å². The van der Waals surface area contributed by atoms with E-state index < -0.39 is 0 Å². The van der Waals surface area contributed by atoms with Gasteiger partial charge in [0, 0.05) is 49.6 Å². The van der Waals surface area contributed by atoms with E-state index in [4.69, 9.17) is 4.42 Å². The molecule has 4 heteroatoms. The molecule has 1 N–H and O–H groups in total. The maximum atomic E-state index is 6.94. The fourth-order valence-electron chi connectivity index (χ4n) is 9.66. The summed E-state index contributed by atoms with van der Waals surface area (Å²) in [4.78, 5) is 0. The molecule has 0 fully saturated rings. The van der Waals surface area contributed by atoms with Crippen LogP contribution in [0.1, 0.15) is 25.0 Å². The van der Waals surface area contributed by atoms with Gasteiger partial charge in [-0.25, -0.2) is 0 Å². The lowest BCUT2D eigenvalue weighted by Gasteiger charge is -2.26. The highest BCUT2D eigenvalue weighted by Gasteiger charge is 2.43. The molecule has 2 aliphatic rings. The van der Waals surface area contributed by atoms with Crippen molar-refractivity contribution in [3.8, 4) is 39.2 Å². The van der Waals surface area contributed by atoms with Crippen LogP contribution >= 0.6 is 0 Å². The van der Waals surface area contributed by atoms with Gasteiger partial charge in [0.25, 0.3) is 0 Å². The average molecular weight is 702 g/mol. The second-order valence-electron chi connectivity index (χ2n) is 15.6. The molecule has 1 aliphatic carbocycles. The van der Waals surface area contributed by atoms with Gasteiger partial charge in [-0.3, -0.25) is 0 Å². The lowest BCUT2D eigenvalue weighted by atomic mass is 9.58. The molecule has 0 saturated carbocycles. The number of nitrogens with zero attached hydrogens (tertiary/aromatic N) is 1. The Bertz CT molecular complexity index is 3220. The van der Waals surface area contributed by atoms with Gasteiger partial charge in [-0.1, -0.05) is 147 Å². The third kappa shape index (κ3) is 4.28. The Hall–Kier alpha value is -6.78. The lowest BCUT2D eigenvalue weighted by Crippen LogP contribution is -2.37. The Labute approximate surface area is 319 Å². The fraction of sp³-hybridized carbons (Fsp3) is 0.0588. The minimum atomic E-state index is -0.158. The van der Waals surface area contributed by atoms with Crippen LogP contribution in [0.2, 0.25) is 0 Å². The van der Waals surface area contributed by atoms with Crippen LogP contribution in [0.15, 0.2) is 168 Å². The van der Waals surface area contributed by atoms with E-state index >= 15 is 0 Å². The predicted octanol–water partition coefficient (Wildman–Crippen LogP) is 12.0. The van der Waals surface area contributed by atoms with Crippen molar-refractivity contribution in [3.05, 3.63) is 175 Å². The molecule has 0 unspecified atom stereocenters. The molecule has 3 nitrogen and oxygen atoms in total. The first-order chi connectivity index (χ1) is 27.0. The quantitative estimate of drug-likeness (QED) is 0.185. The summed E-state index contributed by atoms with van der Waals surface area (Å²) in [6.07, 6.45) is 0. The molecule has 0 amide bonds. The van der Waals surface area contributed by atoms with E-state index in [0.717, 1.165) is 50.0 Å². The minimum Gasteiger partial charge on any atom is -0.454 e. The summed E-state index contributed by atoms with van der Waals surface area (Å²) in [5.74, 6) is 0. The Balaban J connectivity index is 1.16. The Morgan fingerprint density at radius 2 is 1.29 bits per heavy atom. The molecule has 55 heavy (non-hydrogen) atoms. The number of para-hydroxylation sites is 2. The van der Waals surface area contributed by atoms with Gasteiger partial charge in [0.2, 0.25) is 0 Å². The topological polar surface area (TPSA) is 30.1 Å². The van der Waals surface area contributed by atoms with Crippen LogP contribution in [0.3, 0.4) is 0 Å². The first-order valence-electron chi connectivity index (χ1n) is 19.1. The Morgan fingerprint density at radius 1 is 0.582 bits per heavy atom. The standard InChI is InChI=1S/C51H34BN2O/c1-51(2)41-20-10-8-18-36(41)48-45(51)37-19-12-21-42-47(37)54(48)49-46(52-42)39(29-40-35-17-9-11-22-44(35)55-50(40)49)38-27-32-15-6-7-16-33(32)28-43(38)53-34-25-23-31(24-26-34)30-13-4-3-5-14-30/h3-29,53H,1-2H3. The van der Waals surface area contributed by atoms with Crippen molar-refractivity contribution in [2.75, 3.05) is 5.32 Å². The van der Waals surface area contributed by atoms with Crippen molar-refractivity contribution >= 4 is 73.2 Å². The number of nitrogens with one attached hydrogen (secondary N) is 1. The van der Waals surface area contributed by atoms with Crippen LogP contribution in [0.25, 0.3) is 82.8 Å². The van der Waals surface area contributed by atoms with Gasteiger partial charge in [-0.05, 0) is 80.5 Å². The van der Waals surface area contributed by atoms with Gasteiger partial charge in [0.05, 0.1) is 11.4 Å². The molecule has 0 bridgehead atoms. The number of anilines is 2. The van der Waals surface area contributed by atoms with E-state index in [-0.39, 0.29) is 5.41 Å². The Morgan fingerprint density at radius 3 is 2.15 bits per heavy atom. The summed E-state index contributed by atoms with van der Waals surface area (Å²) >= 11 is 0. The second-order valence-corrected chi connectivity index (χ2v) is 15.6. The molecular formula is C51H34BN2O. The van der Waals surface area contributed by atoms with Crippen molar-refractivity contribution in [1.29, 1.82) is 0 Å². The fourth-order valence-corrected chi connectivity index (χ4v) is 9.66. The van der Waals surface area contributed by atoms with E-state index in [2.05, 4.69) is 195 Å². The molecule has 0 spiro atoms. The van der Waals surface area contributed by atoms with Crippen molar-refractivity contribution in [1.82, 2.24) is 4.57 Å². The largest absolute Gasteiger partial charge is 0.454 e. The molecule has 1 radical (unpaired) electrons. The third-order valence-corrected chi connectivity index (χ3v) is 12.2.